The molecule has 1 atom stereocenters. The molecule has 2 aliphatic heterocycles. The summed E-state index contributed by atoms with van der Waals surface area (Å²) in [6, 6.07) is 3.21. The third-order valence-electron chi connectivity index (χ3n) is 4.17. The van der Waals surface area contributed by atoms with E-state index in [1.165, 1.54) is 4.31 Å². The monoisotopic (exact) mass is 355 g/mol. The predicted octanol–water partition coefficient (Wildman–Crippen LogP) is 0.821. The summed E-state index contributed by atoms with van der Waals surface area (Å²) >= 11 is 0. The van der Waals surface area contributed by atoms with Crippen LogP contribution in [0.4, 0.5) is 0 Å². The number of fused-ring (bicyclic) bond motifs is 1. The zero-order valence-electron chi connectivity index (χ0n) is 14.2. The molecule has 1 aromatic heterocycles. The lowest BCUT2D eigenvalue weighted by atomic mass is 10.2. The molecule has 0 saturated carbocycles. The molecule has 1 unspecified atom stereocenters. The summed E-state index contributed by atoms with van der Waals surface area (Å²) in [5, 5.41) is 0. The van der Waals surface area contributed by atoms with E-state index in [0.29, 0.717) is 32.8 Å². The number of ether oxygens (including phenoxy) is 2. The third-order valence-corrected chi connectivity index (χ3v) is 6.02. The summed E-state index contributed by atoms with van der Waals surface area (Å²) in [7, 11) is -3.59. The maximum Gasteiger partial charge on any atom is 0.248 e. The molecule has 2 aliphatic rings. The molecule has 3 rings (SSSR count). The van der Waals surface area contributed by atoms with Crippen molar-refractivity contribution >= 4 is 10.0 Å². The van der Waals surface area contributed by atoms with E-state index in [-0.39, 0.29) is 22.8 Å². The van der Waals surface area contributed by atoms with Gasteiger partial charge >= 0.3 is 0 Å². The van der Waals surface area contributed by atoms with Crippen molar-refractivity contribution in [2.24, 2.45) is 5.92 Å². The van der Waals surface area contributed by atoms with Gasteiger partial charge in [0, 0.05) is 32.4 Å². The molecule has 1 fully saturated rings. The second-order valence-electron chi connectivity index (χ2n) is 6.68. The largest absolute Gasteiger partial charge is 0.471 e. The summed E-state index contributed by atoms with van der Waals surface area (Å²) < 4.78 is 38.8. The zero-order chi connectivity index (χ0) is 17.2. The van der Waals surface area contributed by atoms with Crippen molar-refractivity contribution in [3.05, 3.63) is 18.3 Å². The summed E-state index contributed by atoms with van der Waals surface area (Å²) in [4.78, 5) is 6.57. The summed E-state index contributed by atoms with van der Waals surface area (Å²) in [5.74, 6) is 0.448. The van der Waals surface area contributed by atoms with E-state index >= 15 is 0 Å². The Morgan fingerprint density at radius 2 is 2.08 bits per heavy atom. The highest BCUT2D eigenvalue weighted by molar-refractivity contribution is 7.89. The van der Waals surface area contributed by atoms with Gasteiger partial charge < -0.3 is 9.47 Å². The predicted molar refractivity (Wildman–Crippen MR) is 89.5 cm³/mol. The minimum atomic E-state index is -3.59. The van der Waals surface area contributed by atoms with Crippen LogP contribution in [0, 0.1) is 5.92 Å². The lowest BCUT2D eigenvalue weighted by Crippen LogP contribution is -2.47. The molecule has 0 aromatic carbocycles. The molecule has 1 aromatic rings. The molecule has 0 bridgehead atoms. The Labute approximate surface area is 143 Å². The molecular weight excluding hydrogens is 330 g/mol. The number of sulfonamides is 1. The van der Waals surface area contributed by atoms with Crippen molar-refractivity contribution in [1.82, 2.24) is 14.2 Å². The molecule has 0 N–H and O–H groups in total. The lowest BCUT2D eigenvalue weighted by molar-refractivity contribution is 0.0160. The van der Waals surface area contributed by atoms with Crippen molar-refractivity contribution in [2.45, 2.75) is 24.8 Å². The smallest absolute Gasteiger partial charge is 0.248 e. The first-order valence-electron chi connectivity index (χ1n) is 8.38. The average Bonchev–Trinajstić information content (AvgIpc) is 2.64. The fourth-order valence-corrected chi connectivity index (χ4v) is 4.77. The number of hydrogen-bond acceptors (Lipinski definition) is 6. The van der Waals surface area contributed by atoms with Gasteiger partial charge in [-0.3, -0.25) is 4.90 Å². The highest BCUT2D eigenvalue weighted by Gasteiger charge is 2.36. The van der Waals surface area contributed by atoms with Crippen LogP contribution >= 0.6 is 0 Å². The van der Waals surface area contributed by atoms with Gasteiger partial charge in [0.2, 0.25) is 15.9 Å². The number of nitrogens with zero attached hydrogens (tertiary/aromatic N) is 3. The van der Waals surface area contributed by atoms with Gasteiger partial charge in [-0.05, 0) is 18.1 Å². The first-order valence-corrected chi connectivity index (χ1v) is 9.83. The Bertz CT molecular complexity index is 659. The highest BCUT2D eigenvalue weighted by atomic mass is 32.2. The van der Waals surface area contributed by atoms with Gasteiger partial charge in [-0.1, -0.05) is 13.8 Å². The minimum absolute atomic E-state index is 0.162. The van der Waals surface area contributed by atoms with E-state index in [4.69, 9.17) is 9.47 Å². The van der Waals surface area contributed by atoms with Crippen LogP contribution in [0.2, 0.25) is 0 Å². The first-order chi connectivity index (χ1) is 11.5. The van der Waals surface area contributed by atoms with Crippen molar-refractivity contribution in [1.29, 1.82) is 0 Å². The third kappa shape index (κ3) is 3.88. The van der Waals surface area contributed by atoms with E-state index in [2.05, 4.69) is 9.88 Å². The van der Waals surface area contributed by atoms with E-state index < -0.39 is 10.0 Å². The maximum absolute atomic E-state index is 13.0. The summed E-state index contributed by atoms with van der Waals surface area (Å²) in [5.41, 5.74) is 0. The van der Waals surface area contributed by atoms with E-state index in [9.17, 15) is 8.42 Å². The van der Waals surface area contributed by atoms with Gasteiger partial charge in [-0.2, -0.15) is 4.31 Å². The van der Waals surface area contributed by atoms with Crippen molar-refractivity contribution in [3.63, 3.8) is 0 Å². The normalized spacial score (nSPS) is 25.0. The fraction of sp³-hybridized carbons (Fsp3) is 0.688. The van der Waals surface area contributed by atoms with Crippen LogP contribution in [0.5, 0.6) is 5.88 Å². The number of aromatic nitrogens is 1. The van der Waals surface area contributed by atoms with Crippen LogP contribution in [0.15, 0.2) is 23.2 Å². The van der Waals surface area contributed by atoms with E-state index in [1.807, 2.05) is 13.8 Å². The van der Waals surface area contributed by atoms with Gasteiger partial charge in [0.25, 0.3) is 0 Å². The lowest BCUT2D eigenvalue weighted by Gasteiger charge is -2.31. The van der Waals surface area contributed by atoms with Crippen LogP contribution in [-0.2, 0) is 14.8 Å². The molecule has 0 aliphatic carbocycles. The van der Waals surface area contributed by atoms with Crippen LogP contribution < -0.4 is 4.74 Å². The Hall–Kier alpha value is -1.22. The first kappa shape index (κ1) is 17.6. The fourth-order valence-electron chi connectivity index (χ4n) is 3.07. The van der Waals surface area contributed by atoms with Crippen LogP contribution in [0.1, 0.15) is 13.8 Å². The molecular formula is C16H25N3O4S. The highest BCUT2D eigenvalue weighted by Crippen LogP contribution is 2.29. The maximum atomic E-state index is 13.0. The van der Waals surface area contributed by atoms with Crippen molar-refractivity contribution in [2.75, 3.05) is 45.9 Å². The van der Waals surface area contributed by atoms with Gasteiger partial charge in [0.1, 0.15) is 11.0 Å². The van der Waals surface area contributed by atoms with Gasteiger partial charge in [-0.25, -0.2) is 13.4 Å². The molecule has 0 amide bonds. The molecule has 0 radical (unpaired) electrons. The Morgan fingerprint density at radius 1 is 1.33 bits per heavy atom. The van der Waals surface area contributed by atoms with Gasteiger partial charge in [0.05, 0.1) is 19.8 Å². The second-order valence-corrected chi connectivity index (χ2v) is 8.58. The molecule has 8 heteroatoms. The topological polar surface area (TPSA) is 72.0 Å². The SMILES string of the molecule is CC(C)CN1CC(CN2CCOCC2)Oc2ncccc2S1(=O)=O. The number of rotatable bonds is 4. The van der Waals surface area contributed by atoms with Crippen LogP contribution in [0.3, 0.4) is 0 Å². The Morgan fingerprint density at radius 3 is 2.79 bits per heavy atom. The van der Waals surface area contributed by atoms with Crippen LogP contribution in [-0.4, -0.2) is 74.6 Å². The zero-order valence-corrected chi connectivity index (χ0v) is 15.0. The van der Waals surface area contributed by atoms with Crippen LogP contribution in [0.25, 0.3) is 0 Å². The molecule has 24 heavy (non-hydrogen) atoms. The molecule has 3 heterocycles. The summed E-state index contributed by atoms with van der Waals surface area (Å²) in [6.45, 7) is 8.60. The second kappa shape index (κ2) is 7.35. The van der Waals surface area contributed by atoms with E-state index in [0.717, 1.165) is 13.1 Å². The van der Waals surface area contributed by atoms with Crippen molar-refractivity contribution in [3.8, 4) is 5.88 Å². The minimum Gasteiger partial charge on any atom is -0.471 e. The number of morpholine rings is 1. The van der Waals surface area contributed by atoms with Gasteiger partial charge in [0.15, 0.2) is 0 Å². The molecule has 134 valence electrons. The Kier molecular flexibility index (Phi) is 5.39. The quantitative estimate of drug-likeness (QED) is 0.796. The average molecular weight is 355 g/mol. The van der Waals surface area contributed by atoms with Crippen molar-refractivity contribution < 1.29 is 17.9 Å². The molecule has 1 saturated heterocycles. The van der Waals surface area contributed by atoms with E-state index in [1.54, 1.807) is 18.3 Å². The molecule has 0 spiro atoms. The molecule has 7 nitrogen and oxygen atoms in total. The standard InChI is InChI=1S/C16H25N3O4S/c1-13(2)10-19-12-14(11-18-6-8-22-9-7-18)23-16-15(24(19,20)21)4-3-5-17-16/h3-5,13-14H,6-12H2,1-2H3. The number of pyridine rings is 1. The number of hydrogen-bond donors (Lipinski definition) is 0. The van der Waals surface area contributed by atoms with Gasteiger partial charge in [-0.15, -0.1) is 0 Å². The summed E-state index contributed by atoms with van der Waals surface area (Å²) in [6.07, 6.45) is 1.32. The Balaban J connectivity index is 1.87.